The van der Waals surface area contributed by atoms with Crippen LogP contribution in [-0.4, -0.2) is 17.9 Å². The molecule has 0 aromatic heterocycles. The lowest BCUT2D eigenvalue weighted by molar-refractivity contribution is -0.147. The molecule has 0 saturated carbocycles. The monoisotopic (exact) mass is 298 g/mol. The van der Waals surface area contributed by atoms with Crippen molar-refractivity contribution >= 4 is 11.8 Å². The molecule has 0 heterocycles. The van der Waals surface area contributed by atoms with Crippen molar-refractivity contribution in [2.45, 2.75) is 25.6 Å². The molecule has 0 radical (unpaired) electrons. The van der Waals surface area contributed by atoms with E-state index in [1.807, 2.05) is 36.4 Å². The van der Waals surface area contributed by atoms with Crippen LogP contribution in [0.4, 0.5) is 4.39 Å². The Labute approximate surface area is 127 Å². The predicted octanol–water partition coefficient (Wildman–Crippen LogP) is 3.88. The molecular formula is C18H15FO3. The number of ether oxygens (including phenoxy) is 1. The number of fused-ring (bicyclic) bond motifs is 1. The molecule has 0 amide bonds. The van der Waals surface area contributed by atoms with Gasteiger partial charge in [0.15, 0.2) is 12.0 Å². The maximum atomic E-state index is 13.8. The van der Waals surface area contributed by atoms with Crippen molar-refractivity contribution in [1.29, 1.82) is 0 Å². The van der Waals surface area contributed by atoms with E-state index in [1.165, 1.54) is 6.92 Å². The molecule has 1 aliphatic carbocycles. The third-order valence-corrected chi connectivity index (χ3v) is 3.78. The molecule has 0 bridgehead atoms. The molecule has 2 aromatic carbocycles. The third kappa shape index (κ3) is 2.64. The van der Waals surface area contributed by atoms with Crippen molar-refractivity contribution in [1.82, 2.24) is 0 Å². The third-order valence-electron chi connectivity index (χ3n) is 3.78. The van der Waals surface area contributed by atoms with Gasteiger partial charge in [0.2, 0.25) is 0 Å². The largest absolute Gasteiger partial charge is 0.458 e. The predicted molar refractivity (Wildman–Crippen MR) is 80.2 cm³/mol. The molecular weight excluding hydrogens is 283 g/mol. The summed E-state index contributed by atoms with van der Waals surface area (Å²) >= 11 is 0. The lowest BCUT2D eigenvalue weighted by Gasteiger charge is -2.27. The van der Waals surface area contributed by atoms with Gasteiger partial charge in [-0.1, -0.05) is 42.5 Å². The number of halogens is 1. The molecule has 22 heavy (non-hydrogen) atoms. The molecule has 0 spiro atoms. The summed E-state index contributed by atoms with van der Waals surface area (Å²) in [4.78, 5) is 23.2. The first-order chi connectivity index (χ1) is 10.6. The highest BCUT2D eigenvalue weighted by Crippen LogP contribution is 2.36. The Bertz CT molecular complexity index is 724. The van der Waals surface area contributed by atoms with Gasteiger partial charge in [0.25, 0.3) is 0 Å². The standard InChI is InChI=1S/C18H15FO3/c1-11(20)22-17-10-16(19)18(21)14-8-7-13(9-15(14)17)12-5-3-2-4-6-12/h2-9,16-17H,10H2,1H3. The van der Waals surface area contributed by atoms with Crippen LogP contribution in [0.2, 0.25) is 0 Å². The van der Waals surface area contributed by atoms with Crippen molar-refractivity contribution in [3.63, 3.8) is 0 Å². The van der Waals surface area contributed by atoms with E-state index in [4.69, 9.17) is 4.74 Å². The summed E-state index contributed by atoms with van der Waals surface area (Å²) in [5.41, 5.74) is 2.77. The van der Waals surface area contributed by atoms with Crippen LogP contribution in [0.1, 0.15) is 35.4 Å². The van der Waals surface area contributed by atoms with Crippen molar-refractivity contribution < 1.29 is 18.7 Å². The van der Waals surface area contributed by atoms with Crippen LogP contribution in [0.3, 0.4) is 0 Å². The van der Waals surface area contributed by atoms with Crippen LogP contribution in [0.25, 0.3) is 11.1 Å². The SMILES string of the molecule is CC(=O)OC1CC(F)C(=O)c2ccc(-c3ccccc3)cc21. The van der Waals surface area contributed by atoms with Gasteiger partial charge >= 0.3 is 5.97 Å². The molecule has 0 fully saturated rings. The number of carbonyl (C=O) groups excluding carboxylic acids is 2. The quantitative estimate of drug-likeness (QED) is 0.790. The molecule has 4 heteroatoms. The minimum atomic E-state index is -1.63. The molecule has 112 valence electrons. The summed E-state index contributed by atoms with van der Waals surface area (Å²) in [6.45, 7) is 1.28. The van der Waals surface area contributed by atoms with Gasteiger partial charge in [-0.15, -0.1) is 0 Å². The number of esters is 1. The minimum absolute atomic E-state index is 0.121. The smallest absolute Gasteiger partial charge is 0.303 e. The van der Waals surface area contributed by atoms with Crippen LogP contribution in [0, 0.1) is 0 Å². The Morgan fingerprint density at radius 3 is 2.55 bits per heavy atom. The maximum Gasteiger partial charge on any atom is 0.303 e. The van der Waals surface area contributed by atoms with E-state index in [9.17, 15) is 14.0 Å². The number of ketones is 1. The minimum Gasteiger partial charge on any atom is -0.458 e. The first kappa shape index (κ1) is 14.4. The fourth-order valence-electron chi connectivity index (χ4n) is 2.77. The number of alkyl halides is 1. The average molecular weight is 298 g/mol. The molecule has 3 nitrogen and oxygen atoms in total. The molecule has 2 aromatic rings. The second kappa shape index (κ2) is 5.72. The van der Waals surface area contributed by atoms with E-state index in [0.717, 1.165) is 11.1 Å². The van der Waals surface area contributed by atoms with E-state index in [-0.39, 0.29) is 6.42 Å². The summed E-state index contributed by atoms with van der Waals surface area (Å²) in [5.74, 6) is -1.03. The van der Waals surface area contributed by atoms with Gasteiger partial charge in [0.1, 0.15) is 6.10 Å². The maximum absolute atomic E-state index is 13.8. The number of rotatable bonds is 2. The van der Waals surface area contributed by atoms with Gasteiger partial charge in [0, 0.05) is 24.5 Å². The molecule has 1 aliphatic rings. The normalized spacial score (nSPS) is 20.4. The number of hydrogen-bond acceptors (Lipinski definition) is 3. The summed E-state index contributed by atoms with van der Waals surface area (Å²) < 4.78 is 19.0. The number of carbonyl (C=O) groups is 2. The first-order valence-corrected chi connectivity index (χ1v) is 7.11. The van der Waals surface area contributed by atoms with E-state index >= 15 is 0 Å². The van der Waals surface area contributed by atoms with Gasteiger partial charge in [-0.2, -0.15) is 0 Å². The topological polar surface area (TPSA) is 43.4 Å². The lowest BCUT2D eigenvalue weighted by atomic mass is 9.85. The van der Waals surface area contributed by atoms with Gasteiger partial charge in [-0.05, 0) is 17.2 Å². The number of benzene rings is 2. The van der Waals surface area contributed by atoms with Gasteiger partial charge in [0.05, 0.1) is 0 Å². The summed E-state index contributed by atoms with van der Waals surface area (Å²) in [7, 11) is 0. The molecule has 0 saturated heterocycles. The van der Waals surface area contributed by atoms with E-state index in [0.29, 0.717) is 11.1 Å². The molecule has 2 atom stereocenters. The zero-order valence-electron chi connectivity index (χ0n) is 12.1. The van der Waals surface area contributed by atoms with Gasteiger partial charge < -0.3 is 4.74 Å². The Morgan fingerprint density at radius 2 is 1.86 bits per heavy atom. The summed E-state index contributed by atoms with van der Waals surface area (Å²) in [5, 5.41) is 0. The Hall–Kier alpha value is -2.49. The van der Waals surface area contributed by atoms with Crippen LogP contribution >= 0.6 is 0 Å². The summed E-state index contributed by atoms with van der Waals surface area (Å²) in [6.07, 6.45) is -2.47. The average Bonchev–Trinajstić information content (AvgIpc) is 2.52. The fraction of sp³-hybridized carbons (Fsp3) is 0.222. The van der Waals surface area contributed by atoms with Gasteiger partial charge in [-0.25, -0.2) is 4.39 Å². The Kier molecular flexibility index (Phi) is 3.75. The second-order valence-corrected chi connectivity index (χ2v) is 5.33. The molecule has 0 aliphatic heterocycles. The number of Topliss-reactive ketones (excluding diaryl/α,β-unsaturated/α-hetero) is 1. The van der Waals surface area contributed by atoms with Crippen molar-refractivity contribution in [2.24, 2.45) is 0 Å². The highest BCUT2D eigenvalue weighted by molar-refractivity contribution is 6.02. The van der Waals surface area contributed by atoms with Crippen LogP contribution in [0.15, 0.2) is 48.5 Å². The van der Waals surface area contributed by atoms with Crippen molar-refractivity contribution in [2.75, 3.05) is 0 Å². The summed E-state index contributed by atoms with van der Waals surface area (Å²) in [6, 6.07) is 14.9. The van der Waals surface area contributed by atoms with Crippen LogP contribution < -0.4 is 0 Å². The highest BCUT2D eigenvalue weighted by Gasteiger charge is 2.35. The fourth-order valence-corrected chi connectivity index (χ4v) is 2.77. The van der Waals surface area contributed by atoms with Gasteiger partial charge in [-0.3, -0.25) is 9.59 Å². The number of hydrogen-bond donors (Lipinski definition) is 0. The van der Waals surface area contributed by atoms with E-state index in [1.54, 1.807) is 12.1 Å². The van der Waals surface area contributed by atoms with Crippen LogP contribution in [-0.2, 0) is 9.53 Å². The first-order valence-electron chi connectivity index (χ1n) is 7.11. The van der Waals surface area contributed by atoms with Crippen molar-refractivity contribution in [3.05, 3.63) is 59.7 Å². The second-order valence-electron chi connectivity index (χ2n) is 5.33. The molecule has 3 rings (SSSR count). The van der Waals surface area contributed by atoms with Crippen LogP contribution in [0.5, 0.6) is 0 Å². The zero-order valence-corrected chi connectivity index (χ0v) is 12.1. The zero-order chi connectivity index (χ0) is 15.7. The Balaban J connectivity index is 2.07. The molecule has 2 unspecified atom stereocenters. The molecule has 0 N–H and O–H groups in total. The van der Waals surface area contributed by atoms with E-state index < -0.39 is 24.0 Å². The lowest BCUT2D eigenvalue weighted by Crippen LogP contribution is -2.29. The van der Waals surface area contributed by atoms with Crippen molar-refractivity contribution in [3.8, 4) is 11.1 Å². The highest BCUT2D eigenvalue weighted by atomic mass is 19.1. The van der Waals surface area contributed by atoms with E-state index in [2.05, 4.69) is 0 Å². The Morgan fingerprint density at radius 1 is 1.14 bits per heavy atom.